The first-order valence-electron chi connectivity index (χ1n) is 12.5. The van der Waals surface area contributed by atoms with E-state index < -0.39 is 11.8 Å². The van der Waals surface area contributed by atoms with Crippen molar-refractivity contribution >= 4 is 17.4 Å². The predicted molar refractivity (Wildman–Crippen MR) is 150 cm³/mol. The first-order chi connectivity index (χ1) is 19.2. The summed E-state index contributed by atoms with van der Waals surface area (Å²) in [6, 6.07) is 14.2. The van der Waals surface area contributed by atoms with E-state index in [1.54, 1.807) is 59.8 Å². The Morgan fingerprint density at radius 1 is 1.05 bits per heavy atom. The van der Waals surface area contributed by atoms with Gasteiger partial charge in [-0.1, -0.05) is 18.2 Å². The number of rotatable bonds is 7. The van der Waals surface area contributed by atoms with E-state index in [0.717, 1.165) is 11.1 Å². The molecule has 10 nitrogen and oxygen atoms in total. The van der Waals surface area contributed by atoms with Gasteiger partial charge in [0.1, 0.15) is 23.0 Å². The zero-order valence-corrected chi connectivity index (χ0v) is 22.1. The smallest absolute Gasteiger partial charge is 0.323 e. The molecule has 2 amide bonds. The van der Waals surface area contributed by atoms with Crippen LogP contribution in [0.4, 0.5) is 20.6 Å². The highest BCUT2D eigenvalue weighted by atomic mass is 19.1. The molecule has 0 radical (unpaired) electrons. The van der Waals surface area contributed by atoms with Crippen molar-refractivity contribution < 1.29 is 19.0 Å². The summed E-state index contributed by atoms with van der Waals surface area (Å²) in [7, 11) is 0. The van der Waals surface area contributed by atoms with Gasteiger partial charge in [0.2, 0.25) is 0 Å². The van der Waals surface area contributed by atoms with Gasteiger partial charge in [-0.05, 0) is 50.6 Å². The summed E-state index contributed by atoms with van der Waals surface area (Å²) >= 11 is 0. The number of hydrogen-bond donors (Lipinski definition) is 4. The zero-order valence-electron chi connectivity index (χ0n) is 22.1. The van der Waals surface area contributed by atoms with Crippen molar-refractivity contribution in [3.63, 3.8) is 0 Å². The normalized spacial score (nSPS) is 11.3. The Hall–Kier alpha value is -5.03. The second-order valence-corrected chi connectivity index (χ2v) is 10.1. The zero-order chi connectivity index (χ0) is 28.3. The fourth-order valence-corrected chi connectivity index (χ4v) is 3.94. The number of halogens is 1. The van der Waals surface area contributed by atoms with Crippen LogP contribution in [0, 0.1) is 5.82 Å². The second-order valence-electron chi connectivity index (χ2n) is 10.1. The Morgan fingerprint density at radius 2 is 1.85 bits per heavy atom. The molecule has 3 aromatic heterocycles. The average molecular weight is 542 g/mol. The highest BCUT2D eigenvalue weighted by Gasteiger charge is 2.21. The van der Waals surface area contributed by atoms with Crippen molar-refractivity contribution in [2.75, 3.05) is 10.6 Å². The number of hydrogen-bond acceptors (Lipinski definition) is 6. The molecule has 0 bridgehead atoms. The number of nitrogens with one attached hydrogen (secondary N) is 3. The second kappa shape index (κ2) is 11.0. The number of urea groups is 1. The Morgan fingerprint density at radius 3 is 2.58 bits per heavy atom. The first kappa shape index (κ1) is 26.6. The summed E-state index contributed by atoms with van der Waals surface area (Å²) in [5.74, 6) is 0.0565. The van der Waals surface area contributed by atoms with E-state index in [1.807, 2.05) is 32.9 Å². The van der Waals surface area contributed by atoms with Crippen molar-refractivity contribution in [1.29, 1.82) is 0 Å². The third-order valence-electron chi connectivity index (χ3n) is 5.98. The summed E-state index contributed by atoms with van der Waals surface area (Å²) in [4.78, 5) is 17.2. The van der Waals surface area contributed by atoms with Gasteiger partial charge in [-0.15, -0.1) is 0 Å². The predicted octanol–water partition coefficient (Wildman–Crippen LogP) is 6.16. The number of benzene rings is 2. The fourth-order valence-electron chi connectivity index (χ4n) is 3.94. The summed E-state index contributed by atoms with van der Waals surface area (Å²) in [5.41, 5.74) is 3.47. The molecular weight excluding hydrogens is 513 g/mol. The third kappa shape index (κ3) is 6.00. The third-order valence-corrected chi connectivity index (χ3v) is 5.98. The molecule has 5 aromatic rings. The lowest BCUT2D eigenvalue weighted by molar-refractivity contribution is 0.262. The number of anilines is 2. The van der Waals surface area contributed by atoms with E-state index in [2.05, 4.69) is 30.9 Å². The number of aromatic nitrogens is 5. The number of carbonyl (C=O) groups is 1. The molecule has 0 aliphatic heterocycles. The Balaban J connectivity index is 1.32. The van der Waals surface area contributed by atoms with Gasteiger partial charge in [0.15, 0.2) is 0 Å². The molecule has 5 rings (SSSR count). The molecule has 2 aromatic carbocycles. The van der Waals surface area contributed by atoms with Crippen molar-refractivity contribution in [2.24, 2.45) is 0 Å². The molecular formula is C29H28FN7O3. The van der Waals surface area contributed by atoms with Crippen LogP contribution in [-0.2, 0) is 12.1 Å². The Kier molecular flexibility index (Phi) is 7.30. The van der Waals surface area contributed by atoms with Gasteiger partial charge in [-0.3, -0.25) is 14.8 Å². The van der Waals surface area contributed by atoms with Crippen molar-refractivity contribution in [3.8, 4) is 34.0 Å². The molecule has 4 N–H and O–H groups in total. The van der Waals surface area contributed by atoms with E-state index in [0.29, 0.717) is 28.4 Å². The molecule has 0 aliphatic carbocycles. The molecule has 0 saturated carbocycles. The highest BCUT2D eigenvalue weighted by molar-refractivity contribution is 6.02. The lowest BCUT2D eigenvalue weighted by Crippen LogP contribution is -2.22. The minimum absolute atomic E-state index is 0.0225. The molecule has 0 aliphatic rings. The van der Waals surface area contributed by atoms with Crippen LogP contribution in [0.25, 0.3) is 22.5 Å². The van der Waals surface area contributed by atoms with Crippen LogP contribution in [0.1, 0.15) is 26.3 Å². The highest BCUT2D eigenvalue weighted by Crippen LogP contribution is 2.31. The molecule has 0 spiro atoms. The largest absolute Gasteiger partial charge is 0.457 e. The lowest BCUT2D eigenvalue weighted by atomic mass is 10.1. The summed E-state index contributed by atoms with van der Waals surface area (Å²) in [5, 5.41) is 26.2. The Bertz CT molecular complexity index is 1640. The maximum atomic E-state index is 15.0. The summed E-state index contributed by atoms with van der Waals surface area (Å²) in [6.07, 6.45) is 6.66. The van der Waals surface area contributed by atoms with E-state index in [4.69, 9.17) is 4.74 Å². The van der Waals surface area contributed by atoms with E-state index in [-0.39, 0.29) is 23.6 Å². The van der Waals surface area contributed by atoms with Crippen molar-refractivity contribution in [1.82, 2.24) is 25.0 Å². The quantitative estimate of drug-likeness (QED) is 0.195. The number of nitrogens with zero attached hydrogens (tertiary/aromatic N) is 4. The van der Waals surface area contributed by atoms with E-state index in [1.165, 1.54) is 12.1 Å². The number of amides is 2. The van der Waals surface area contributed by atoms with E-state index in [9.17, 15) is 14.3 Å². The van der Waals surface area contributed by atoms with Crippen LogP contribution in [-0.4, -0.2) is 36.1 Å². The first-order valence-corrected chi connectivity index (χ1v) is 12.5. The van der Waals surface area contributed by atoms with Crippen LogP contribution in [0.15, 0.2) is 79.4 Å². The number of carbonyl (C=O) groups excluding carboxylic acids is 1. The van der Waals surface area contributed by atoms with Gasteiger partial charge in [0, 0.05) is 41.9 Å². The molecule has 40 heavy (non-hydrogen) atoms. The minimum atomic E-state index is -0.668. The number of aromatic amines is 1. The van der Waals surface area contributed by atoms with Gasteiger partial charge in [0.05, 0.1) is 35.4 Å². The SMILES string of the molecule is CC(C)(C)n1cc(NC(=O)Nc2ccc(Oc3ccnc(-c4cn[nH]c4)c3)cc2F)c(-c2cccc(CO)c2)n1. The topological polar surface area (TPSA) is 130 Å². The number of pyridine rings is 1. The molecule has 3 heterocycles. The van der Waals surface area contributed by atoms with E-state index >= 15 is 0 Å². The minimum Gasteiger partial charge on any atom is -0.457 e. The van der Waals surface area contributed by atoms with Crippen molar-refractivity contribution in [3.05, 3.63) is 90.8 Å². The Labute approximate surface area is 229 Å². The van der Waals surface area contributed by atoms with Crippen LogP contribution in [0.3, 0.4) is 0 Å². The number of ether oxygens (including phenoxy) is 1. The monoisotopic (exact) mass is 541 g/mol. The van der Waals surface area contributed by atoms with Crippen LogP contribution in [0.2, 0.25) is 0 Å². The van der Waals surface area contributed by atoms with Gasteiger partial charge >= 0.3 is 6.03 Å². The van der Waals surface area contributed by atoms with Gasteiger partial charge in [-0.25, -0.2) is 9.18 Å². The van der Waals surface area contributed by atoms with Gasteiger partial charge < -0.3 is 20.5 Å². The molecule has 0 saturated heterocycles. The number of H-pyrrole nitrogens is 1. The number of aliphatic hydroxyl groups excluding tert-OH is 1. The van der Waals surface area contributed by atoms with Crippen LogP contribution < -0.4 is 15.4 Å². The summed E-state index contributed by atoms with van der Waals surface area (Å²) < 4.78 is 22.5. The molecule has 11 heteroatoms. The standard InChI is InChI=1S/C29H28FN7O3/c1-29(2,3)37-16-26(27(36-37)19-6-4-5-18(11-19)17-38)35-28(39)34-24-8-7-21(12-23(24)30)40-22-9-10-31-25(13-22)20-14-32-33-15-20/h4-16,38H,17H2,1-3H3,(H,32,33)(H2,34,35,39). The molecule has 0 unspecified atom stereocenters. The maximum absolute atomic E-state index is 15.0. The van der Waals surface area contributed by atoms with Crippen molar-refractivity contribution in [2.45, 2.75) is 32.9 Å². The van der Waals surface area contributed by atoms with Gasteiger partial charge in [-0.2, -0.15) is 10.2 Å². The van der Waals surface area contributed by atoms with Crippen LogP contribution >= 0.6 is 0 Å². The maximum Gasteiger partial charge on any atom is 0.323 e. The van der Waals surface area contributed by atoms with Crippen LogP contribution in [0.5, 0.6) is 11.5 Å². The summed E-state index contributed by atoms with van der Waals surface area (Å²) in [6.45, 7) is 5.84. The lowest BCUT2D eigenvalue weighted by Gasteiger charge is -2.18. The average Bonchev–Trinajstić information content (AvgIpc) is 3.61. The number of aliphatic hydroxyl groups is 1. The molecule has 0 fully saturated rings. The molecule has 0 atom stereocenters. The molecule has 204 valence electrons. The fraction of sp³-hybridized carbons (Fsp3) is 0.172. The van der Waals surface area contributed by atoms with Gasteiger partial charge in [0.25, 0.3) is 0 Å².